The first-order valence-corrected chi connectivity index (χ1v) is 7.21. The molecule has 1 fully saturated rings. The summed E-state index contributed by atoms with van der Waals surface area (Å²) in [5.74, 6) is 0.0252. The van der Waals surface area contributed by atoms with E-state index in [1.165, 1.54) is 18.9 Å². The van der Waals surface area contributed by atoms with E-state index in [0.29, 0.717) is 18.2 Å². The summed E-state index contributed by atoms with van der Waals surface area (Å²) in [4.78, 5) is 12.1. The van der Waals surface area contributed by atoms with Crippen molar-refractivity contribution >= 4 is 5.91 Å². The van der Waals surface area contributed by atoms with Crippen molar-refractivity contribution in [1.29, 1.82) is 0 Å². The highest BCUT2D eigenvalue weighted by Crippen LogP contribution is 2.29. The summed E-state index contributed by atoms with van der Waals surface area (Å²) in [6.07, 6.45) is 2.36. The molecule has 1 aliphatic rings. The molecular weight excluding hydrogens is 252 g/mol. The molecule has 1 saturated heterocycles. The first kappa shape index (κ1) is 14.9. The average molecular weight is 276 g/mol. The number of nitrogens with one attached hydrogen (secondary N) is 2. The van der Waals surface area contributed by atoms with Gasteiger partial charge in [0, 0.05) is 18.2 Å². The molecule has 3 N–H and O–H groups in total. The zero-order valence-electron chi connectivity index (χ0n) is 12.5. The van der Waals surface area contributed by atoms with E-state index >= 15 is 0 Å². The van der Waals surface area contributed by atoms with E-state index in [9.17, 15) is 9.90 Å². The van der Waals surface area contributed by atoms with Gasteiger partial charge in [-0.2, -0.15) is 0 Å². The van der Waals surface area contributed by atoms with Crippen molar-refractivity contribution < 1.29 is 9.90 Å². The number of carbonyl (C=O) groups is 1. The summed E-state index contributed by atoms with van der Waals surface area (Å²) in [6, 6.07) is 5.31. The van der Waals surface area contributed by atoms with Crippen LogP contribution in [0.25, 0.3) is 0 Å². The van der Waals surface area contributed by atoms with Crippen molar-refractivity contribution in [3.8, 4) is 5.75 Å². The molecule has 0 aromatic heterocycles. The summed E-state index contributed by atoms with van der Waals surface area (Å²) < 4.78 is 0. The summed E-state index contributed by atoms with van der Waals surface area (Å²) >= 11 is 0. The highest BCUT2D eigenvalue weighted by Gasteiger charge is 2.31. The van der Waals surface area contributed by atoms with Gasteiger partial charge in [-0.05, 0) is 49.4 Å². The van der Waals surface area contributed by atoms with E-state index in [0.717, 1.165) is 12.1 Å². The van der Waals surface area contributed by atoms with Gasteiger partial charge < -0.3 is 15.7 Å². The van der Waals surface area contributed by atoms with Gasteiger partial charge in [-0.3, -0.25) is 4.79 Å². The Morgan fingerprint density at radius 3 is 2.90 bits per heavy atom. The normalized spacial score (nSPS) is 21.4. The number of hydrogen-bond acceptors (Lipinski definition) is 3. The van der Waals surface area contributed by atoms with Crippen molar-refractivity contribution in [2.75, 3.05) is 13.1 Å². The van der Waals surface area contributed by atoms with Gasteiger partial charge in [0.05, 0.1) is 0 Å². The maximum Gasteiger partial charge on any atom is 0.251 e. The van der Waals surface area contributed by atoms with Crippen LogP contribution in [-0.2, 0) is 0 Å². The van der Waals surface area contributed by atoms with Crippen LogP contribution >= 0.6 is 0 Å². The zero-order valence-corrected chi connectivity index (χ0v) is 12.5. The second-order valence-electron chi connectivity index (χ2n) is 6.31. The number of rotatable bonds is 3. The number of hydrogen-bond donors (Lipinski definition) is 3. The van der Waals surface area contributed by atoms with Crippen LogP contribution in [0.5, 0.6) is 5.75 Å². The molecule has 20 heavy (non-hydrogen) atoms. The standard InChI is InChI=1S/C16H24N2O2/c1-11-5-6-12(9-13(11)19)15(20)18-10-14-16(2,3)7-4-8-17-14/h5-6,9,14,17,19H,4,7-8,10H2,1-3H3,(H,18,20). The van der Waals surface area contributed by atoms with Gasteiger partial charge >= 0.3 is 0 Å². The molecule has 1 aromatic rings. The summed E-state index contributed by atoms with van der Waals surface area (Å²) in [7, 11) is 0. The first-order valence-electron chi connectivity index (χ1n) is 7.21. The Labute approximate surface area is 120 Å². The molecule has 4 heteroatoms. The lowest BCUT2D eigenvalue weighted by Gasteiger charge is -2.39. The molecule has 1 aromatic carbocycles. The molecule has 0 bridgehead atoms. The Bertz CT molecular complexity index is 497. The predicted octanol–water partition coefficient (Wildman–Crippen LogP) is 2.21. The number of piperidine rings is 1. The Hall–Kier alpha value is -1.55. The Morgan fingerprint density at radius 1 is 1.50 bits per heavy atom. The van der Waals surface area contributed by atoms with Gasteiger partial charge in [0.15, 0.2) is 0 Å². The molecule has 2 rings (SSSR count). The quantitative estimate of drug-likeness (QED) is 0.793. The van der Waals surface area contributed by atoms with Gasteiger partial charge in [-0.15, -0.1) is 0 Å². The predicted molar refractivity (Wildman–Crippen MR) is 80.0 cm³/mol. The summed E-state index contributed by atoms with van der Waals surface area (Å²) in [6.45, 7) is 7.89. The molecule has 1 heterocycles. The third-order valence-electron chi connectivity index (χ3n) is 4.27. The number of aryl methyl sites for hydroxylation is 1. The van der Waals surface area contributed by atoms with Crippen molar-refractivity contribution in [2.45, 2.75) is 39.7 Å². The maximum atomic E-state index is 12.1. The molecule has 1 unspecified atom stereocenters. The number of aromatic hydroxyl groups is 1. The fourth-order valence-electron chi connectivity index (χ4n) is 2.67. The average Bonchev–Trinajstić information content (AvgIpc) is 2.40. The van der Waals surface area contributed by atoms with E-state index in [4.69, 9.17) is 0 Å². The minimum absolute atomic E-state index is 0.136. The number of amides is 1. The van der Waals surface area contributed by atoms with E-state index in [-0.39, 0.29) is 17.1 Å². The number of carbonyl (C=O) groups excluding carboxylic acids is 1. The van der Waals surface area contributed by atoms with Crippen LogP contribution in [0.4, 0.5) is 0 Å². The van der Waals surface area contributed by atoms with Crippen LogP contribution < -0.4 is 10.6 Å². The number of phenols is 1. The van der Waals surface area contributed by atoms with E-state index in [2.05, 4.69) is 24.5 Å². The Kier molecular flexibility index (Phi) is 4.33. The fourth-order valence-corrected chi connectivity index (χ4v) is 2.67. The zero-order chi connectivity index (χ0) is 14.8. The van der Waals surface area contributed by atoms with Crippen molar-refractivity contribution in [3.05, 3.63) is 29.3 Å². The summed E-state index contributed by atoms with van der Waals surface area (Å²) in [5.41, 5.74) is 1.47. The molecule has 110 valence electrons. The highest BCUT2D eigenvalue weighted by atomic mass is 16.3. The van der Waals surface area contributed by atoms with Crippen LogP contribution in [0.3, 0.4) is 0 Å². The van der Waals surface area contributed by atoms with Gasteiger partial charge in [0.2, 0.25) is 0 Å². The SMILES string of the molecule is Cc1ccc(C(=O)NCC2NCCCC2(C)C)cc1O. The molecule has 0 aliphatic carbocycles. The van der Waals surface area contributed by atoms with Gasteiger partial charge in [0.1, 0.15) is 5.75 Å². The molecule has 1 atom stereocenters. The lowest BCUT2D eigenvalue weighted by Crippen LogP contribution is -2.52. The summed E-state index contributed by atoms with van der Waals surface area (Å²) in [5, 5.41) is 16.1. The van der Waals surface area contributed by atoms with Crippen molar-refractivity contribution in [2.24, 2.45) is 5.41 Å². The van der Waals surface area contributed by atoms with Crippen LogP contribution in [0, 0.1) is 12.3 Å². The second-order valence-corrected chi connectivity index (χ2v) is 6.31. The molecule has 0 spiro atoms. The van der Waals surface area contributed by atoms with E-state index in [1.807, 2.05) is 6.92 Å². The topological polar surface area (TPSA) is 61.4 Å². The van der Waals surface area contributed by atoms with Crippen LogP contribution in [-0.4, -0.2) is 30.1 Å². The van der Waals surface area contributed by atoms with Gasteiger partial charge in [-0.1, -0.05) is 19.9 Å². The highest BCUT2D eigenvalue weighted by molar-refractivity contribution is 5.94. The van der Waals surface area contributed by atoms with Gasteiger partial charge in [0.25, 0.3) is 5.91 Å². The molecule has 0 radical (unpaired) electrons. The largest absolute Gasteiger partial charge is 0.508 e. The third kappa shape index (κ3) is 3.31. The third-order valence-corrected chi connectivity index (χ3v) is 4.27. The first-order chi connectivity index (χ1) is 9.40. The molecular formula is C16H24N2O2. The van der Waals surface area contributed by atoms with Crippen LogP contribution in [0.15, 0.2) is 18.2 Å². The molecule has 0 saturated carbocycles. The lowest BCUT2D eigenvalue weighted by atomic mass is 9.77. The fraction of sp³-hybridized carbons (Fsp3) is 0.562. The maximum absolute atomic E-state index is 12.1. The molecule has 4 nitrogen and oxygen atoms in total. The van der Waals surface area contributed by atoms with Crippen LogP contribution in [0.2, 0.25) is 0 Å². The van der Waals surface area contributed by atoms with Crippen molar-refractivity contribution in [3.63, 3.8) is 0 Å². The van der Waals surface area contributed by atoms with E-state index < -0.39 is 0 Å². The molecule has 1 aliphatic heterocycles. The monoisotopic (exact) mass is 276 g/mol. The minimum Gasteiger partial charge on any atom is -0.508 e. The van der Waals surface area contributed by atoms with Gasteiger partial charge in [-0.25, -0.2) is 0 Å². The minimum atomic E-state index is -0.136. The number of benzene rings is 1. The van der Waals surface area contributed by atoms with Crippen molar-refractivity contribution in [1.82, 2.24) is 10.6 Å². The Morgan fingerprint density at radius 2 is 2.25 bits per heavy atom. The second kappa shape index (κ2) is 5.83. The smallest absolute Gasteiger partial charge is 0.251 e. The van der Waals surface area contributed by atoms with Crippen LogP contribution in [0.1, 0.15) is 42.6 Å². The van der Waals surface area contributed by atoms with E-state index in [1.54, 1.807) is 12.1 Å². The Balaban J connectivity index is 1.96. The lowest BCUT2D eigenvalue weighted by molar-refractivity contribution is 0.0928. The number of phenolic OH excluding ortho intramolecular Hbond substituents is 1. The molecule has 1 amide bonds.